The Bertz CT molecular complexity index is 1070. The van der Waals surface area contributed by atoms with Crippen LogP contribution in [0.15, 0.2) is 48.5 Å². The molecule has 27 heavy (non-hydrogen) atoms. The number of hydrogen-bond acceptors (Lipinski definition) is 6. The van der Waals surface area contributed by atoms with E-state index in [4.69, 9.17) is 4.74 Å². The molecular formula is C19H16N4O4. The van der Waals surface area contributed by atoms with Crippen LogP contribution in [-0.2, 0) is 6.42 Å². The fraction of sp³-hybridized carbons (Fsp3) is 0.158. The lowest BCUT2D eigenvalue weighted by molar-refractivity contribution is -0.384. The van der Waals surface area contributed by atoms with Crippen molar-refractivity contribution >= 4 is 28.3 Å². The Morgan fingerprint density at radius 2 is 2.11 bits per heavy atom. The van der Waals surface area contributed by atoms with Gasteiger partial charge in [-0.25, -0.2) is 4.98 Å². The fourth-order valence-corrected chi connectivity index (χ4v) is 3.12. The number of rotatable bonds is 4. The Morgan fingerprint density at radius 3 is 2.89 bits per heavy atom. The molecule has 0 saturated carbocycles. The van der Waals surface area contributed by atoms with Gasteiger partial charge >= 0.3 is 0 Å². The number of nitro groups is 1. The van der Waals surface area contributed by atoms with Crippen LogP contribution < -0.4 is 15.2 Å². The molecule has 1 aromatic heterocycles. The van der Waals surface area contributed by atoms with Crippen LogP contribution in [0.25, 0.3) is 10.9 Å². The number of methoxy groups -OCH3 is 1. The molecule has 0 saturated heterocycles. The van der Waals surface area contributed by atoms with E-state index < -0.39 is 10.8 Å². The number of fused-ring (bicyclic) bond motifs is 2. The Morgan fingerprint density at radius 1 is 1.26 bits per heavy atom. The Kier molecular flexibility index (Phi) is 4.08. The van der Waals surface area contributed by atoms with Crippen molar-refractivity contribution in [2.24, 2.45) is 0 Å². The van der Waals surface area contributed by atoms with Crippen molar-refractivity contribution < 1.29 is 14.5 Å². The maximum absolute atomic E-state index is 12.5. The van der Waals surface area contributed by atoms with E-state index in [2.05, 4.69) is 16.5 Å². The predicted molar refractivity (Wildman–Crippen MR) is 99.9 cm³/mol. The zero-order chi connectivity index (χ0) is 19.0. The number of hydrogen-bond donors (Lipinski definition) is 1. The number of carbonyl (C=O) groups is 1. The fourth-order valence-electron chi connectivity index (χ4n) is 3.12. The lowest BCUT2D eigenvalue weighted by atomic mass is 10.1. The quantitative estimate of drug-likeness (QED) is 0.565. The Labute approximate surface area is 154 Å². The number of nitro benzene ring substituents is 1. The first-order valence-corrected chi connectivity index (χ1v) is 8.36. The van der Waals surface area contributed by atoms with E-state index >= 15 is 0 Å². The highest BCUT2D eigenvalue weighted by Gasteiger charge is 2.24. The molecule has 3 aromatic rings. The van der Waals surface area contributed by atoms with Gasteiger partial charge in [0.15, 0.2) is 5.82 Å². The SMILES string of the molecule is COc1ccc2cc3c(nc2c1)N(NC(=O)c1cccc([N+](=O)[O-])c1)CC3. The number of pyridine rings is 1. The predicted octanol–water partition coefficient (Wildman–Crippen LogP) is 2.86. The number of nitrogens with one attached hydrogen (secondary N) is 1. The molecule has 2 heterocycles. The number of nitrogens with zero attached hydrogens (tertiary/aromatic N) is 3. The summed E-state index contributed by atoms with van der Waals surface area (Å²) in [4.78, 5) is 27.6. The zero-order valence-electron chi connectivity index (χ0n) is 14.5. The zero-order valence-corrected chi connectivity index (χ0v) is 14.5. The van der Waals surface area contributed by atoms with Crippen LogP contribution in [0.4, 0.5) is 11.5 Å². The summed E-state index contributed by atoms with van der Waals surface area (Å²) in [6, 6.07) is 13.4. The lowest BCUT2D eigenvalue weighted by Gasteiger charge is -2.19. The number of ether oxygens (including phenoxy) is 1. The summed E-state index contributed by atoms with van der Waals surface area (Å²) >= 11 is 0. The van der Waals surface area contributed by atoms with Crippen LogP contribution in [0.2, 0.25) is 0 Å². The van der Waals surface area contributed by atoms with Crippen LogP contribution in [0.1, 0.15) is 15.9 Å². The number of hydrazine groups is 1. The molecule has 136 valence electrons. The molecule has 0 aliphatic carbocycles. The smallest absolute Gasteiger partial charge is 0.270 e. The monoisotopic (exact) mass is 364 g/mol. The summed E-state index contributed by atoms with van der Waals surface area (Å²) in [6.07, 6.45) is 0.750. The highest BCUT2D eigenvalue weighted by Crippen LogP contribution is 2.30. The summed E-state index contributed by atoms with van der Waals surface area (Å²) in [6.45, 7) is 0.580. The summed E-state index contributed by atoms with van der Waals surface area (Å²) in [7, 11) is 1.60. The van der Waals surface area contributed by atoms with E-state index in [0.29, 0.717) is 18.1 Å². The molecule has 0 spiro atoms. The highest BCUT2D eigenvalue weighted by atomic mass is 16.6. The third-order valence-corrected chi connectivity index (χ3v) is 4.50. The number of aromatic nitrogens is 1. The molecule has 0 atom stereocenters. The van der Waals surface area contributed by atoms with Gasteiger partial charge in [-0.05, 0) is 36.2 Å². The van der Waals surface area contributed by atoms with Gasteiger partial charge in [-0.3, -0.25) is 25.3 Å². The van der Waals surface area contributed by atoms with Gasteiger partial charge in [-0.2, -0.15) is 0 Å². The summed E-state index contributed by atoms with van der Waals surface area (Å²) < 4.78 is 5.24. The van der Waals surface area contributed by atoms with E-state index in [-0.39, 0.29) is 11.3 Å². The Balaban J connectivity index is 1.62. The van der Waals surface area contributed by atoms with Crippen LogP contribution in [0.3, 0.4) is 0 Å². The molecule has 1 aliphatic rings. The maximum atomic E-state index is 12.5. The molecule has 4 rings (SSSR count). The molecule has 2 aromatic carbocycles. The van der Waals surface area contributed by atoms with Crippen molar-refractivity contribution in [2.45, 2.75) is 6.42 Å². The molecule has 1 amide bonds. The summed E-state index contributed by atoms with van der Waals surface area (Å²) in [5.41, 5.74) is 4.69. The van der Waals surface area contributed by atoms with Gasteiger partial charge in [-0.1, -0.05) is 6.07 Å². The second-order valence-corrected chi connectivity index (χ2v) is 6.18. The van der Waals surface area contributed by atoms with Gasteiger partial charge in [0.25, 0.3) is 11.6 Å². The minimum Gasteiger partial charge on any atom is -0.497 e. The summed E-state index contributed by atoms with van der Waals surface area (Å²) in [5.74, 6) is 0.966. The first-order chi connectivity index (χ1) is 13.0. The van der Waals surface area contributed by atoms with E-state index in [1.165, 1.54) is 24.3 Å². The average molecular weight is 364 g/mol. The van der Waals surface area contributed by atoms with Crippen molar-refractivity contribution in [3.8, 4) is 5.75 Å². The molecule has 8 heteroatoms. The second kappa shape index (κ2) is 6.56. The van der Waals surface area contributed by atoms with Crippen LogP contribution >= 0.6 is 0 Å². The van der Waals surface area contributed by atoms with E-state index in [9.17, 15) is 14.9 Å². The van der Waals surface area contributed by atoms with Gasteiger partial charge in [-0.15, -0.1) is 0 Å². The van der Waals surface area contributed by atoms with Crippen molar-refractivity contribution in [2.75, 3.05) is 18.7 Å². The first kappa shape index (κ1) is 16.8. The van der Waals surface area contributed by atoms with Gasteiger partial charge in [0.2, 0.25) is 0 Å². The molecule has 0 radical (unpaired) electrons. The highest BCUT2D eigenvalue weighted by molar-refractivity contribution is 5.96. The second-order valence-electron chi connectivity index (χ2n) is 6.18. The average Bonchev–Trinajstić information content (AvgIpc) is 3.07. The van der Waals surface area contributed by atoms with E-state index in [1.807, 2.05) is 18.2 Å². The normalized spacial score (nSPS) is 12.7. The van der Waals surface area contributed by atoms with Crippen molar-refractivity contribution in [1.82, 2.24) is 10.4 Å². The van der Waals surface area contributed by atoms with Crippen LogP contribution in [-0.4, -0.2) is 29.5 Å². The lowest BCUT2D eigenvalue weighted by Crippen LogP contribution is -2.41. The summed E-state index contributed by atoms with van der Waals surface area (Å²) in [5, 5.41) is 13.6. The third kappa shape index (κ3) is 3.12. The third-order valence-electron chi connectivity index (χ3n) is 4.50. The standard InChI is InChI=1S/C19H16N4O4/c1-27-16-6-5-12-9-13-7-8-22(18(13)20-17(12)11-16)21-19(24)14-3-2-4-15(10-14)23(25)26/h2-6,9-11H,7-8H2,1H3,(H,21,24). The van der Waals surface area contributed by atoms with Gasteiger partial charge in [0.1, 0.15) is 5.75 Å². The van der Waals surface area contributed by atoms with Crippen LogP contribution in [0, 0.1) is 10.1 Å². The number of anilines is 1. The molecule has 0 fully saturated rings. The topological polar surface area (TPSA) is 97.6 Å². The molecule has 0 unspecified atom stereocenters. The minimum atomic E-state index is -0.525. The number of amides is 1. The Hall–Kier alpha value is -3.68. The van der Waals surface area contributed by atoms with Crippen LogP contribution in [0.5, 0.6) is 5.75 Å². The largest absolute Gasteiger partial charge is 0.497 e. The molecule has 1 aliphatic heterocycles. The maximum Gasteiger partial charge on any atom is 0.270 e. The van der Waals surface area contributed by atoms with Crippen molar-refractivity contribution in [3.63, 3.8) is 0 Å². The molecular weight excluding hydrogens is 348 g/mol. The number of carbonyl (C=O) groups excluding carboxylic acids is 1. The molecule has 8 nitrogen and oxygen atoms in total. The molecule has 1 N–H and O–H groups in total. The van der Waals surface area contributed by atoms with E-state index in [0.717, 1.165) is 22.9 Å². The molecule has 0 bridgehead atoms. The van der Waals surface area contributed by atoms with Gasteiger partial charge in [0, 0.05) is 35.7 Å². The van der Waals surface area contributed by atoms with Gasteiger partial charge in [0.05, 0.1) is 17.5 Å². The van der Waals surface area contributed by atoms with E-state index in [1.54, 1.807) is 12.1 Å². The number of benzene rings is 2. The first-order valence-electron chi connectivity index (χ1n) is 8.36. The minimum absolute atomic E-state index is 0.124. The van der Waals surface area contributed by atoms with Crippen molar-refractivity contribution in [3.05, 3.63) is 69.8 Å². The van der Waals surface area contributed by atoms with Crippen molar-refractivity contribution in [1.29, 1.82) is 0 Å². The van der Waals surface area contributed by atoms with Gasteiger partial charge < -0.3 is 4.74 Å². The number of non-ortho nitro benzene ring substituents is 1.